The summed E-state index contributed by atoms with van der Waals surface area (Å²) in [5, 5.41) is 19.5. The van der Waals surface area contributed by atoms with Crippen molar-refractivity contribution in [1.29, 1.82) is 0 Å². The van der Waals surface area contributed by atoms with Gasteiger partial charge in [-0.1, -0.05) is 0 Å². The highest BCUT2D eigenvalue weighted by Gasteiger charge is 2.32. The van der Waals surface area contributed by atoms with Crippen molar-refractivity contribution in [2.45, 2.75) is 18.8 Å². The smallest absolute Gasteiger partial charge is 0.231 e. The Kier molecular flexibility index (Phi) is 2.30. The van der Waals surface area contributed by atoms with E-state index < -0.39 is 11.8 Å². The molecule has 1 aromatic rings. The maximum Gasteiger partial charge on any atom is 0.231 e. The van der Waals surface area contributed by atoms with Crippen molar-refractivity contribution in [2.24, 2.45) is 5.73 Å². The molecule has 1 heterocycles. The van der Waals surface area contributed by atoms with Crippen LogP contribution in [0.4, 0.5) is 0 Å². The highest BCUT2D eigenvalue weighted by Crippen LogP contribution is 2.35. The first-order chi connectivity index (χ1) is 7.01. The summed E-state index contributed by atoms with van der Waals surface area (Å²) in [6.45, 7) is 1.67. The van der Waals surface area contributed by atoms with E-state index >= 15 is 0 Å². The maximum atomic E-state index is 9.73. The quantitative estimate of drug-likeness (QED) is 0.595. The van der Waals surface area contributed by atoms with E-state index in [4.69, 9.17) is 15.2 Å². The topological polar surface area (TPSA) is 84.9 Å². The normalized spacial score (nSPS) is 16.5. The minimum absolute atomic E-state index is 0.154. The molecule has 15 heavy (non-hydrogen) atoms. The molecule has 4 N–H and O–H groups in total. The standard InChI is InChI=1S/C10H13NO4/c1-6(11)10(12,13)7-2-3-8-9(4-7)15-5-14-8/h2-4,6,12-13H,5,11H2,1H3. The zero-order chi connectivity index (χ0) is 11.1. The van der Waals surface area contributed by atoms with Crippen LogP contribution in [0.5, 0.6) is 11.5 Å². The molecule has 1 aliphatic heterocycles. The second-order valence-corrected chi connectivity index (χ2v) is 3.58. The molecule has 1 atom stereocenters. The van der Waals surface area contributed by atoms with Crippen LogP contribution in [0.3, 0.4) is 0 Å². The van der Waals surface area contributed by atoms with Gasteiger partial charge in [0.15, 0.2) is 11.5 Å². The number of aliphatic hydroxyl groups is 2. The van der Waals surface area contributed by atoms with Crippen molar-refractivity contribution in [2.75, 3.05) is 6.79 Å². The van der Waals surface area contributed by atoms with E-state index in [1.165, 1.54) is 13.0 Å². The summed E-state index contributed by atoms with van der Waals surface area (Å²) in [6.07, 6.45) is 0. The first-order valence-corrected chi connectivity index (χ1v) is 4.62. The van der Waals surface area contributed by atoms with Crippen LogP contribution < -0.4 is 15.2 Å². The summed E-state index contributed by atoms with van der Waals surface area (Å²) in [7, 11) is 0. The minimum atomic E-state index is -2.05. The van der Waals surface area contributed by atoms with Crippen molar-refractivity contribution in [3.05, 3.63) is 23.8 Å². The van der Waals surface area contributed by atoms with Gasteiger partial charge < -0.3 is 25.4 Å². The number of nitrogens with two attached hydrogens (primary N) is 1. The summed E-state index contributed by atoms with van der Waals surface area (Å²) >= 11 is 0. The lowest BCUT2D eigenvalue weighted by Gasteiger charge is -2.26. The van der Waals surface area contributed by atoms with Crippen molar-refractivity contribution in [3.63, 3.8) is 0 Å². The van der Waals surface area contributed by atoms with Crippen LogP contribution in [0.2, 0.25) is 0 Å². The van der Waals surface area contributed by atoms with Gasteiger partial charge in [0.05, 0.1) is 6.04 Å². The number of hydrogen-bond acceptors (Lipinski definition) is 5. The molecular formula is C10H13NO4. The van der Waals surface area contributed by atoms with Crippen LogP contribution in [0.25, 0.3) is 0 Å². The van der Waals surface area contributed by atoms with Crippen LogP contribution in [-0.2, 0) is 5.79 Å². The van der Waals surface area contributed by atoms with Gasteiger partial charge >= 0.3 is 0 Å². The lowest BCUT2D eigenvalue weighted by Crippen LogP contribution is -2.43. The SMILES string of the molecule is CC(N)C(O)(O)c1ccc2c(c1)OCO2. The fourth-order valence-corrected chi connectivity index (χ4v) is 1.39. The predicted molar refractivity (Wildman–Crippen MR) is 52.3 cm³/mol. The molecule has 1 aromatic carbocycles. The van der Waals surface area contributed by atoms with Crippen LogP contribution >= 0.6 is 0 Å². The first-order valence-electron chi connectivity index (χ1n) is 4.62. The van der Waals surface area contributed by atoms with Gasteiger partial charge in [-0.25, -0.2) is 0 Å². The van der Waals surface area contributed by atoms with E-state index in [1.807, 2.05) is 0 Å². The average molecular weight is 211 g/mol. The summed E-state index contributed by atoms with van der Waals surface area (Å²) < 4.78 is 10.2. The van der Waals surface area contributed by atoms with Crippen LogP contribution in [-0.4, -0.2) is 23.0 Å². The molecule has 0 fully saturated rings. The van der Waals surface area contributed by atoms with Crippen LogP contribution in [0, 0.1) is 0 Å². The van der Waals surface area contributed by atoms with Gasteiger partial charge in [-0.3, -0.25) is 0 Å². The van der Waals surface area contributed by atoms with E-state index in [0.29, 0.717) is 17.1 Å². The van der Waals surface area contributed by atoms with Gasteiger partial charge in [0, 0.05) is 5.56 Å². The molecule has 0 amide bonds. The van der Waals surface area contributed by atoms with Crippen molar-refractivity contribution < 1.29 is 19.7 Å². The van der Waals surface area contributed by atoms with E-state index in [9.17, 15) is 10.2 Å². The molecule has 2 rings (SSSR count). The monoisotopic (exact) mass is 211 g/mol. The van der Waals surface area contributed by atoms with Crippen LogP contribution in [0.1, 0.15) is 12.5 Å². The Morgan fingerprint density at radius 3 is 2.67 bits per heavy atom. The number of rotatable bonds is 2. The summed E-state index contributed by atoms with van der Waals surface area (Å²) in [4.78, 5) is 0. The number of ether oxygens (including phenoxy) is 2. The van der Waals surface area contributed by atoms with Gasteiger partial charge in [-0.05, 0) is 25.1 Å². The molecule has 0 aromatic heterocycles. The molecule has 0 bridgehead atoms. The summed E-state index contributed by atoms with van der Waals surface area (Å²) in [5.41, 5.74) is 5.77. The zero-order valence-electron chi connectivity index (χ0n) is 8.30. The van der Waals surface area contributed by atoms with Gasteiger partial charge in [0.1, 0.15) is 0 Å². The Balaban J connectivity index is 2.38. The first kappa shape index (κ1) is 10.2. The Labute approximate surface area is 87.0 Å². The molecule has 82 valence electrons. The third kappa shape index (κ3) is 1.65. The molecule has 1 unspecified atom stereocenters. The lowest BCUT2D eigenvalue weighted by molar-refractivity contribution is -0.182. The zero-order valence-corrected chi connectivity index (χ0v) is 8.30. The molecule has 5 heteroatoms. The second kappa shape index (κ2) is 3.37. The van der Waals surface area contributed by atoms with Crippen molar-refractivity contribution in [1.82, 2.24) is 0 Å². The van der Waals surface area contributed by atoms with E-state index in [1.54, 1.807) is 12.1 Å². The Bertz CT molecular complexity index is 376. The van der Waals surface area contributed by atoms with Crippen LogP contribution in [0.15, 0.2) is 18.2 Å². The number of benzene rings is 1. The molecule has 0 spiro atoms. The van der Waals surface area contributed by atoms with Gasteiger partial charge in [-0.15, -0.1) is 0 Å². The fraction of sp³-hybridized carbons (Fsp3) is 0.400. The Morgan fingerprint density at radius 1 is 1.33 bits per heavy atom. The summed E-state index contributed by atoms with van der Waals surface area (Å²) in [6, 6.07) is 3.90. The average Bonchev–Trinajstić information content (AvgIpc) is 2.63. The Morgan fingerprint density at radius 2 is 2.00 bits per heavy atom. The van der Waals surface area contributed by atoms with Gasteiger partial charge in [-0.2, -0.15) is 0 Å². The third-order valence-electron chi connectivity index (χ3n) is 2.43. The molecule has 5 nitrogen and oxygen atoms in total. The maximum absolute atomic E-state index is 9.73. The largest absolute Gasteiger partial charge is 0.454 e. The van der Waals surface area contributed by atoms with E-state index in [-0.39, 0.29) is 6.79 Å². The van der Waals surface area contributed by atoms with Crippen molar-refractivity contribution >= 4 is 0 Å². The number of fused-ring (bicyclic) bond motifs is 1. The fourth-order valence-electron chi connectivity index (χ4n) is 1.39. The predicted octanol–water partition coefficient (Wildman–Crippen LogP) is -0.100. The molecule has 0 radical (unpaired) electrons. The summed E-state index contributed by atoms with van der Waals surface area (Å²) in [5.74, 6) is -0.958. The van der Waals surface area contributed by atoms with Gasteiger partial charge in [0.25, 0.3) is 0 Å². The third-order valence-corrected chi connectivity index (χ3v) is 2.43. The highest BCUT2D eigenvalue weighted by atomic mass is 16.7. The number of hydrogen-bond donors (Lipinski definition) is 3. The minimum Gasteiger partial charge on any atom is -0.454 e. The molecule has 1 aliphatic rings. The molecular weight excluding hydrogens is 198 g/mol. The molecule has 0 saturated heterocycles. The van der Waals surface area contributed by atoms with Crippen molar-refractivity contribution in [3.8, 4) is 11.5 Å². The van der Waals surface area contributed by atoms with E-state index in [0.717, 1.165) is 0 Å². The second-order valence-electron chi connectivity index (χ2n) is 3.58. The van der Waals surface area contributed by atoms with Gasteiger partial charge in [0.2, 0.25) is 12.6 Å². The highest BCUT2D eigenvalue weighted by molar-refractivity contribution is 5.45. The van der Waals surface area contributed by atoms with E-state index in [2.05, 4.69) is 0 Å². The molecule has 0 saturated carbocycles. The lowest BCUT2D eigenvalue weighted by atomic mass is 9.99. The Hall–Kier alpha value is -1.30. The molecule has 0 aliphatic carbocycles.